The van der Waals surface area contributed by atoms with Crippen LogP contribution in [0.15, 0.2) is 48.5 Å². The molecule has 1 aliphatic rings. The van der Waals surface area contributed by atoms with E-state index in [0.717, 1.165) is 23.4 Å². The van der Waals surface area contributed by atoms with Gasteiger partial charge in [-0.05, 0) is 41.8 Å². The van der Waals surface area contributed by atoms with Gasteiger partial charge in [0, 0.05) is 18.3 Å². The Morgan fingerprint density at radius 2 is 1.83 bits per heavy atom. The molecule has 2 aromatic rings. The number of carbonyl (C=O) groups is 2. The highest BCUT2D eigenvalue weighted by Crippen LogP contribution is 2.41. The second kappa shape index (κ2) is 7.09. The Balaban J connectivity index is 1.85. The highest BCUT2D eigenvalue weighted by Gasteiger charge is 2.33. The first-order valence-electron chi connectivity index (χ1n) is 7.98. The van der Waals surface area contributed by atoms with E-state index in [2.05, 4.69) is 24.4 Å². The van der Waals surface area contributed by atoms with E-state index in [4.69, 9.17) is 0 Å². The zero-order valence-corrected chi connectivity index (χ0v) is 14.6. The SMILES string of the molecule is CCc1ccc(N2C(=O)CS[C@H]2c2ccc(NC(C)=O)cc2)cc1. The zero-order chi connectivity index (χ0) is 17.1. The van der Waals surface area contributed by atoms with E-state index >= 15 is 0 Å². The fraction of sp³-hybridized carbons (Fsp3) is 0.263. The molecule has 5 heteroatoms. The predicted octanol–water partition coefficient (Wildman–Crippen LogP) is 3.99. The normalized spacial score (nSPS) is 17.2. The minimum atomic E-state index is -0.0918. The summed E-state index contributed by atoms with van der Waals surface area (Å²) in [6, 6.07) is 15.9. The summed E-state index contributed by atoms with van der Waals surface area (Å²) in [7, 11) is 0. The summed E-state index contributed by atoms with van der Waals surface area (Å²) in [5, 5.41) is 2.73. The lowest BCUT2D eigenvalue weighted by molar-refractivity contribution is -0.116. The van der Waals surface area contributed by atoms with Gasteiger partial charge in [0.15, 0.2) is 0 Å². The molecule has 0 saturated carbocycles. The maximum Gasteiger partial charge on any atom is 0.238 e. The van der Waals surface area contributed by atoms with Crippen LogP contribution in [0.1, 0.15) is 30.3 Å². The average Bonchev–Trinajstić information content (AvgIpc) is 2.97. The van der Waals surface area contributed by atoms with Crippen LogP contribution in [0.25, 0.3) is 0 Å². The van der Waals surface area contributed by atoms with Crippen LogP contribution in [0.2, 0.25) is 0 Å². The third-order valence-electron chi connectivity index (χ3n) is 4.01. The summed E-state index contributed by atoms with van der Waals surface area (Å²) in [5.41, 5.74) is 4.01. The van der Waals surface area contributed by atoms with Crippen molar-refractivity contribution < 1.29 is 9.59 Å². The van der Waals surface area contributed by atoms with Crippen molar-refractivity contribution in [2.24, 2.45) is 0 Å². The third-order valence-corrected chi connectivity index (χ3v) is 5.22. The highest BCUT2D eigenvalue weighted by molar-refractivity contribution is 8.00. The molecule has 1 heterocycles. The molecular formula is C19H20N2O2S. The average molecular weight is 340 g/mol. The number of carbonyl (C=O) groups excluding carboxylic acids is 2. The van der Waals surface area contributed by atoms with Crippen molar-refractivity contribution in [1.82, 2.24) is 0 Å². The molecule has 1 aliphatic heterocycles. The predicted molar refractivity (Wildman–Crippen MR) is 99.3 cm³/mol. The van der Waals surface area contributed by atoms with Gasteiger partial charge in [0.2, 0.25) is 11.8 Å². The van der Waals surface area contributed by atoms with Crippen LogP contribution in [-0.2, 0) is 16.0 Å². The van der Waals surface area contributed by atoms with Gasteiger partial charge in [-0.15, -0.1) is 11.8 Å². The largest absolute Gasteiger partial charge is 0.326 e. The molecule has 124 valence electrons. The summed E-state index contributed by atoms with van der Waals surface area (Å²) in [6.45, 7) is 3.60. The monoisotopic (exact) mass is 340 g/mol. The summed E-state index contributed by atoms with van der Waals surface area (Å²) < 4.78 is 0. The molecule has 24 heavy (non-hydrogen) atoms. The number of hydrogen-bond donors (Lipinski definition) is 1. The Morgan fingerprint density at radius 3 is 2.42 bits per heavy atom. The summed E-state index contributed by atoms with van der Waals surface area (Å²) >= 11 is 1.63. The minimum Gasteiger partial charge on any atom is -0.326 e. The molecular weight excluding hydrogens is 320 g/mol. The Labute approximate surface area is 146 Å². The molecule has 0 spiro atoms. The van der Waals surface area contributed by atoms with Gasteiger partial charge in [0.05, 0.1) is 5.75 Å². The van der Waals surface area contributed by atoms with Gasteiger partial charge in [-0.25, -0.2) is 0 Å². The molecule has 0 aliphatic carbocycles. The number of aryl methyl sites for hydroxylation is 1. The number of amides is 2. The smallest absolute Gasteiger partial charge is 0.238 e. The molecule has 0 bridgehead atoms. The number of hydrogen-bond acceptors (Lipinski definition) is 3. The Morgan fingerprint density at radius 1 is 1.17 bits per heavy atom. The van der Waals surface area contributed by atoms with Crippen LogP contribution in [0.3, 0.4) is 0 Å². The van der Waals surface area contributed by atoms with E-state index in [1.165, 1.54) is 12.5 Å². The van der Waals surface area contributed by atoms with Crippen LogP contribution < -0.4 is 10.2 Å². The van der Waals surface area contributed by atoms with Crippen LogP contribution in [-0.4, -0.2) is 17.6 Å². The van der Waals surface area contributed by atoms with Gasteiger partial charge in [-0.1, -0.05) is 31.2 Å². The van der Waals surface area contributed by atoms with Crippen molar-refractivity contribution >= 4 is 35.0 Å². The van der Waals surface area contributed by atoms with E-state index in [1.807, 2.05) is 41.3 Å². The lowest BCUT2D eigenvalue weighted by Crippen LogP contribution is -2.27. The van der Waals surface area contributed by atoms with Gasteiger partial charge in [0.1, 0.15) is 5.37 Å². The first kappa shape index (κ1) is 16.6. The Bertz CT molecular complexity index is 741. The van der Waals surface area contributed by atoms with Gasteiger partial charge in [0.25, 0.3) is 0 Å². The van der Waals surface area contributed by atoms with Crippen molar-refractivity contribution in [3.63, 3.8) is 0 Å². The van der Waals surface area contributed by atoms with Crippen molar-refractivity contribution in [3.05, 3.63) is 59.7 Å². The number of anilines is 2. The second-order valence-electron chi connectivity index (χ2n) is 5.75. The maximum absolute atomic E-state index is 12.4. The maximum atomic E-state index is 12.4. The molecule has 1 N–H and O–H groups in total. The van der Waals surface area contributed by atoms with E-state index in [-0.39, 0.29) is 17.2 Å². The number of nitrogens with zero attached hydrogens (tertiary/aromatic N) is 1. The lowest BCUT2D eigenvalue weighted by Gasteiger charge is -2.24. The number of rotatable bonds is 4. The van der Waals surface area contributed by atoms with Crippen LogP contribution in [0.4, 0.5) is 11.4 Å². The number of nitrogens with one attached hydrogen (secondary N) is 1. The van der Waals surface area contributed by atoms with Crippen molar-refractivity contribution in [1.29, 1.82) is 0 Å². The zero-order valence-electron chi connectivity index (χ0n) is 13.8. The molecule has 1 saturated heterocycles. The van der Waals surface area contributed by atoms with Gasteiger partial charge >= 0.3 is 0 Å². The minimum absolute atomic E-state index is 0.0312. The molecule has 2 aromatic carbocycles. The summed E-state index contributed by atoms with van der Waals surface area (Å²) in [5.74, 6) is 0.513. The molecule has 0 unspecified atom stereocenters. The topological polar surface area (TPSA) is 49.4 Å². The second-order valence-corrected chi connectivity index (χ2v) is 6.82. The summed E-state index contributed by atoms with van der Waals surface area (Å²) in [4.78, 5) is 25.4. The number of thioether (sulfide) groups is 1. The third kappa shape index (κ3) is 3.46. The lowest BCUT2D eigenvalue weighted by atomic mass is 10.1. The number of benzene rings is 2. The fourth-order valence-electron chi connectivity index (χ4n) is 2.78. The quantitative estimate of drug-likeness (QED) is 0.916. The van der Waals surface area contributed by atoms with Crippen LogP contribution in [0, 0.1) is 0 Å². The van der Waals surface area contributed by atoms with Crippen molar-refractivity contribution in [2.75, 3.05) is 16.0 Å². The molecule has 0 aromatic heterocycles. The molecule has 1 fully saturated rings. The molecule has 0 radical (unpaired) electrons. The fourth-order valence-corrected chi connectivity index (χ4v) is 3.95. The van der Waals surface area contributed by atoms with Crippen molar-refractivity contribution in [3.8, 4) is 0 Å². The van der Waals surface area contributed by atoms with Gasteiger partial charge in [-0.2, -0.15) is 0 Å². The van der Waals surface area contributed by atoms with E-state index in [9.17, 15) is 9.59 Å². The molecule has 2 amide bonds. The Kier molecular flexibility index (Phi) is 4.90. The van der Waals surface area contributed by atoms with Crippen LogP contribution in [0.5, 0.6) is 0 Å². The molecule has 4 nitrogen and oxygen atoms in total. The molecule has 1 atom stereocenters. The van der Waals surface area contributed by atoms with Gasteiger partial charge in [-0.3, -0.25) is 14.5 Å². The molecule has 3 rings (SSSR count). The first-order chi connectivity index (χ1) is 11.6. The first-order valence-corrected chi connectivity index (χ1v) is 9.03. The highest BCUT2D eigenvalue weighted by atomic mass is 32.2. The van der Waals surface area contributed by atoms with E-state index in [0.29, 0.717) is 5.75 Å². The van der Waals surface area contributed by atoms with E-state index in [1.54, 1.807) is 11.8 Å². The van der Waals surface area contributed by atoms with Crippen LogP contribution >= 0.6 is 11.8 Å². The Hall–Kier alpha value is -2.27. The van der Waals surface area contributed by atoms with Gasteiger partial charge < -0.3 is 5.32 Å². The van der Waals surface area contributed by atoms with E-state index < -0.39 is 0 Å². The van der Waals surface area contributed by atoms with Crippen molar-refractivity contribution in [2.45, 2.75) is 25.6 Å². The summed E-state index contributed by atoms with van der Waals surface area (Å²) in [6.07, 6.45) is 0.983. The standard InChI is InChI=1S/C19H20N2O2S/c1-3-14-4-10-17(11-5-14)21-18(23)12-24-19(21)15-6-8-16(9-7-15)20-13(2)22/h4-11,19H,3,12H2,1-2H3,(H,20,22)/t19-/m0/s1.